The minimum Gasteiger partial charge on any atom is -0.398 e. The van der Waals surface area contributed by atoms with Crippen molar-refractivity contribution in [2.45, 2.75) is 30.7 Å². The highest BCUT2D eigenvalue weighted by atomic mass is 32.2. The van der Waals surface area contributed by atoms with Crippen molar-refractivity contribution >= 4 is 21.6 Å². The van der Waals surface area contributed by atoms with Gasteiger partial charge in [-0.25, -0.2) is 8.42 Å². The number of sulfonamides is 1. The molecule has 1 aliphatic rings. The number of carbonyl (C=O) groups excluding carboxylic acids is 1. The van der Waals surface area contributed by atoms with Crippen LogP contribution in [-0.2, 0) is 14.8 Å². The molecule has 1 aliphatic heterocycles. The molecule has 3 N–H and O–H groups in total. The molecule has 0 spiro atoms. The molecule has 0 radical (unpaired) electrons. The van der Waals surface area contributed by atoms with Crippen molar-refractivity contribution in [3.05, 3.63) is 24.3 Å². The Kier molecular flexibility index (Phi) is 4.29. The van der Waals surface area contributed by atoms with Gasteiger partial charge in [-0.1, -0.05) is 12.1 Å². The largest absolute Gasteiger partial charge is 0.398 e. The summed E-state index contributed by atoms with van der Waals surface area (Å²) in [5.74, 6) is -0.145. The van der Waals surface area contributed by atoms with E-state index in [9.17, 15) is 13.2 Å². The van der Waals surface area contributed by atoms with Gasteiger partial charge in [0.25, 0.3) is 0 Å². The zero-order valence-corrected chi connectivity index (χ0v) is 12.2. The first-order valence-corrected chi connectivity index (χ1v) is 7.97. The topological polar surface area (TPSA) is 92.5 Å². The maximum absolute atomic E-state index is 12.6. The highest BCUT2D eigenvalue weighted by Gasteiger charge is 2.31. The summed E-state index contributed by atoms with van der Waals surface area (Å²) in [6.07, 6.45) is 1.51. The Morgan fingerprint density at radius 3 is 2.75 bits per heavy atom. The highest BCUT2D eigenvalue weighted by Crippen LogP contribution is 2.24. The first kappa shape index (κ1) is 14.8. The number of carbonyl (C=O) groups is 1. The smallest absolute Gasteiger partial charge is 0.245 e. The second-order valence-corrected chi connectivity index (χ2v) is 6.85. The Bertz CT molecular complexity index is 601. The average molecular weight is 297 g/mol. The molecule has 7 heteroatoms. The molecule has 1 fully saturated rings. The Morgan fingerprint density at radius 1 is 1.40 bits per heavy atom. The summed E-state index contributed by atoms with van der Waals surface area (Å²) >= 11 is 0. The normalized spacial score (nSPS) is 20.6. The van der Waals surface area contributed by atoms with Crippen molar-refractivity contribution in [3.63, 3.8) is 0 Å². The zero-order chi connectivity index (χ0) is 14.8. The van der Waals surface area contributed by atoms with Crippen molar-refractivity contribution < 1.29 is 13.2 Å². The third-order valence-electron chi connectivity index (χ3n) is 3.33. The van der Waals surface area contributed by atoms with E-state index in [1.165, 1.54) is 17.3 Å². The first-order valence-electron chi connectivity index (χ1n) is 6.53. The molecular formula is C13H19N3O3S. The van der Waals surface area contributed by atoms with Gasteiger partial charge >= 0.3 is 0 Å². The molecule has 2 rings (SSSR count). The number of nitrogens with one attached hydrogen (secondary N) is 1. The lowest BCUT2D eigenvalue weighted by atomic mass is 10.1. The molecule has 1 aromatic rings. The summed E-state index contributed by atoms with van der Waals surface area (Å²) < 4.78 is 26.5. The standard InChI is InChI=1S/C13H19N3O3S/c1-10(17)15-11-5-4-8-16(9-11)20(18,19)13-7-3-2-6-12(13)14/h2-3,6-7,11H,4-5,8-9,14H2,1H3,(H,15,17). The third kappa shape index (κ3) is 3.10. The summed E-state index contributed by atoms with van der Waals surface area (Å²) in [7, 11) is -3.60. The molecule has 1 saturated heterocycles. The van der Waals surface area contributed by atoms with Crippen LogP contribution in [0.3, 0.4) is 0 Å². The number of amides is 1. The van der Waals surface area contributed by atoms with E-state index in [4.69, 9.17) is 5.73 Å². The Morgan fingerprint density at radius 2 is 2.10 bits per heavy atom. The van der Waals surface area contributed by atoms with Gasteiger partial charge in [0.2, 0.25) is 15.9 Å². The molecule has 1 atom stereocenters. The maximum Gasteiger partial charge on any atom is 0.245 e. The van der Waals surface area contributed by atoms with E-state index in [2.05, 4.69) is 5.32 Å². The van der Waals surface area contributed by atoms with Gasteiger partial charge in [-0.15, -0.1) is 0 Å². The van der Waals surface area contributed by atoms with Gasteiger partial charge in [0.1, 0.15) is 4.90 Å². The number of anilines is 1. The lowest BCUT2D eigenvalue weighted by Crippen LogP contribution is -2.49. The van der Waals surface area contributed by atoms with Crippen LogP contribution in [0.5, 0.6) is 0 Å². The molecule has 0 aromatic heterocycles. The van der Waals surface area contributed by atoms with Crippen LogP contribution in [0.4, 0.5) is 5.69 Å². The summed E-state index contributed by atoms with van der Waals surface area (Å²) in [5.41, 5.74) is 6.00. The Balaban J connectivity index is 2.22. The molecule has 0 saturated carbocycles. The molecule has 1 aromatic carbocycles. The van der Waals surface area contributed by atoms with Crippen molar-refractivity contribution in [2.24, 2.45) is 0 Å². The van der Waals surface area contributed by atoms with Gasteiger partial charge in [-0.05, 0) is 25.0 Å². The maximum atomic E-state index is 12.6. The van der Waals surface area contributed by atoms with Crippen LogP contribution in [-0.4, -0.2) is 37.8 Å². The fourth-order valence-corrected chi connectivity index (χ4v) is 4.06. The van der Waals surface area contributed by atoms with E-state index in [-0.39, 0.29) is 29.1 Å². The predicted molar refractivity (Wildman–Crippen MR) is 76.5 cm³/mol. The quantitative estimate of drug-likeness (QED) is 0.797. The van der Waals surface area contributed by atoms with Crippen LogP contribution in [0.1, 0.15) is 19.8 Å². The molecule has 1 heterocycles. The minimum atomic E-state index is -3.60. The van der Waals surface area contributed by atoms with Crippen molar-refractivity contribution in [2.75, 3.05) is 18.8 Å². The second kappa shape index (κ2) is 5.80. The van der Waals surface area contributed by atoms with Crippen molar-refractivity contribution in [1.29, 1.82) is 0 Å². The van der Waals surface area contributed by atoms with Crippen LogP contribution in [0.15, 0.2) is 29.2 Å². The van der Waals surface area contributed by atoms with Gasteiger partial charge in [-0.3, -0.25) is 4.79 Å². The van der Waals surface area contributed by atoms with Gasteiger partial charge in [0, 0.05) is 26.1 Å². The lowest BCUT2D eigenvalue weighted by Gasteiger charge is -2.32. The van der Waals surface area contributed by atoms with E-state index in [0.717, 1.165) is 12.8 Å². The van der Waals surface area contributed by atoms with Gasteiger partial charge in [0.05, 0.1) is 5.69 Å². The van der Waals surface area contributed by atoms with Crippen molar-refractivity contribution in [1.82, 2.24) is 9.62 Å². The number of hydrogen-bond donors (Lipinski definition) is 2. The molecular weight excluding hydrogens is 278 g/mol. The van der Waals surface area contributed by atoms with Gasteiger partial charge < -0.3 is 11.1 Å². The lowest BCUT2D eigenvalue weighted by molar-refractivity contribution is -0.119. The average Bonchev–Trinajstić information content (AvgIpc) is 2.38. The number of hydrogen-bond acceptors (Lipinski definition) is 4. The molecule has 0 aliphatic carbocycles. The van der Waals surface area contributed by atoms with Crippen LogP contribution in [0, 0.1) is 0 Å². The van der Waals surface area contributed by atoms with Gasteiger partial charge in [-0.2, -0.15) is 4.31 Å². The minimum absolute atomic E-state index is 0.128. The van der Waals surface area contributed by atoms with E-state index in [0.29, 0.717) is 6.54 Å². The number of nitrogens with zero attached hydrogens (tertiary/aromatic N) is 1. The third-order valence-corrected chi connectivity index (χ3v) is 5.27. The molecule has 0 bridgehead atoms. The summed E-state index contributed by atoms with van der Waals surface area (Å²) in [5, 5.41) is 2.77. The number of benzene rings is 1. The van der Waals surface area contributed by atoms with Crippen LogP contribution < -0.4 is 11.1 Å². The van der Waals surface area contributed by atoms with Crippen LogP contribution >= 0.6 is 0 Å². The van der Waals surface area contributed by atoms with E-state index < -0.39 is 10.0 Å². The summed E-state index contributed by atoms with van der Waals surface area (Å²) in [6, 6.07) is 6.29. The second-order valence-electron chi connectivity index (χ2n) is 4.94. The Hall–Kier alpha value is -1.60. The summed E-state index contributed by atoms with van der Waals surface area (Å²) in [6.45, 7) is 2.17. The van der Waals surface area contributed by atoms with E-state index in [1.807, 2.05) is 0 Å². The number of rotatable bonds is 3. The highest BCUT2D eigenvalue weighted by molar-refractivity contribution is 7.89. The number of nitrogen functional groups attached to an aromatic ring is 1. The first-order chi connectivity index (χ1) is 9.41. The fraction of sp³-hybridized carbons (Fsp3) is 0.462. The van der Waals surface area contributed by atoms with Crippen LogP contribution in [0.2, 0.25) is 0 Å². The van der Waals surface area contributed by atoms with Crippen molar-refractivity contribution in [3.8, 4) is 0 Å². The number of para-hydroxylation sites is 1. The number of piperidine rings is 1. The molecule has 1 unspecified atom stereocenters. The Labute approximate surface area is 119 Å². The van der Waals surface area contributed by atoms with E-state index in [1.54, 1.807) is 18.2 Å². The zero-order valence-electron chi connectivity index (χ0n) is 11.4. The number of nitrogens with two attached hydrogens (primary N) is 1. The van der Waals surface area contributed by atoms with Gasteiger partial charge in [0.15, 0.2) is 0 Å². The fourth-order valence-electron chi connectivity index (χ4n) is 2.42. The summed E-state index contributed by atoms with van der Waals surface area (Å²) in [4.78, 5) is 11.2. The van der Waals surface area contributed by atoms with Crippen LogP contribution in [0.25, 0.3) is 0 Å². The monoisotopic (exact) mass is 297 g/mol. The predicted octanol–water partition coefficient (Wildman–Crippen LogP) is 0.558. The SMILES string of the molecule is CC(=O)NC1CCCN(S(=O)(=O)c2ccccc2N)C1. The molecule has 20 heavy (non-hydrogen) atoms. The molecule has 110 valence electrons. The molecule has 6 nitrogen and oxygen atoms in total. The molecule has 1 amide bonds. The van der Waals surface area contributed by atoms with E-state index >= 15 is 0 Å².